The van der Waals surface area contributed by atoms with Crippen molar-refractivity contribution in [2.45, 2.75) is 31.7 Å². The fraction of sp³-hybridized carbons (Fsp3) is 0.500. The van der Waals surface area contributed by atoms with Crippen LogP contribution >= 0.6 is 15.9 Å². The molecule has 2 rings (SSSR count). The molecule has 0 bridgehead atoms. The van der Waals surface area contributed by atoms with Crippen LogP contribution in [0.5, 0.6) is 0 Å². The van der Waals surface area contributed by atoms with Gasteiger partial charge in [-0.2, -0.15) is 13.2 Å². The molecular formula is C14H14BrF3O3. The van der Waals surface area contributed by atoms with Gasteiger partial charge in [-0.05, 0) is 17.7 Å². The van der Waals surface area contributed by atoms with Crippen LogP contribution in [0, 0.1) is 0 Å². The number of benzene rings is 1. The quantitative estimate of drug-likeness (QED) is 0.791. The Kier molecular flexibility index (Phi) is 5.40. The van der Waals surface area contributed by atoms with Crippen LogP contribution in [0.1, 0.15) is 30.3 Å². The first kappa shape index (κ1) is 16.5. The third kappa shape index (κ3) is 5.41. The highest BCUT2D eigenvalue weighted by Crippen LogP contribution is 2.28. The minimum atomic E-state index is -4.30. The van der Waals surface area contributed by atoms with Gasteiger partial charge in [0.2, 0.25) is 0 Å². The molecule has 0 N–H and O–H groups in total. The van der Waals surface area contributed by atoms with Crippen molar-refractivity contribution in [3.8, 4) is 0 Å². The first-order valence-corrected chi connectivity index (χ1v) is 7.24. The zero-order chi connectivity index (χ0) is 15.5. The first-order chi connectivity index (χ1) is 9.83. The molecule has 1 aromatic carbocycles. The molecule has 0 aliphatic carbocycles. The van der Waals surface area contributed by atoms with Gasteiger partial charge in [-0.3, -0.25) is 4.79 Å². The standard InChI is InChI=1S/C14H14BrF3O3/c15-11-6-9(7-12(19)1-2-14(16,17)18)5-10(8-11)13-20-3-4-21-13/h5-6,8,13H,1-4,7H2. The average Bonchev–Trinajstić information content (AvgIpc) is 2.88. The molecule has 3 nitrogen and oxygen atoms in total. The van der Waals surface area contributed by atoms with Crippen LogP contribution in [0.25, 0.3) is 0 Å². The summed E-state index contributed by atoms with van der Waals surface area (Å²) in [6.45, 7) is 0.994. The molecule has 21 heavy (non-hydrogen) atoms. The van der Waals surface area contributed by atoms with Crippen LogP contribution < -0.4 is 0 Å². The fourth-order valence-electron chi connectivity index (χ4n) is 2.06. The molecule has 1 aliphatic rings. The highest BCUT2D eigenvalue weighted by Gasteiger charge is 2.28. The lowest BCUT2D eigenvalue weighted by Crippen LogP contribution is -2.12. The normalized spacial score (nSPS) is 16.4. The largest absolute Gasteiger partial charge is 0.389 e. The highest BCUT2D eigenvalue weighted by atomic mass is 79.9. The molecule has 1 aromatic rings. The highest BCUT2D eigenvalue weighted by molar-refractivity contribution is 9.10. The minimum absolute atomic E-state index is 0.0325. The van der Waals surface area contributed by atoms with Crippen LogP contribution in [0.15, 0.2) is 22.7 Å². The molecule has 0 saturated carbocycles. The van der Waals surface area contributed by atoms with Gasteiger partial charge in [0.1, 0.15) is 5.78 Å². The lowest BCUT2D eigenvalue weighted by atomic mass is 10.0. The summed E-state index contributed by atoms with van der Waals surface area (Å²) in [5, 5.41) is 0. The average molecular weight is 367 g/mol. The summed E-state index contributed by atoms with van der Waals surface area (Å²) in [4.78, 5) is 11.6. The number of rotatable bonds is 5. The summed E-state index contributed by atoms with van der Waals surface area (Å²) in [5.74, 6) is -0.440. The van der Waals surface area contributed by atoms with Gasteiger partial charge in [-0.25, -0.2) is 0 Å². The Balaban J connectivity index is 2.01. The Labute approximate surface area is 128 Å². The van der Waals surface area contributed by atoms with E-state index in [0.717, 1.165) is 10.0 Å². The third-order valence-corrected chi connectivity index (χ3v) is 3.42. The van der Waals surface area contributed by atoms with Crippen molar-refractivity contribution < 1.29 is 27.4 Å². The van der Waals surface area contributed by atoms with Gasteiger partial charge in [0.25, 0.3) is 0 Å². The van der Waals surface area contributed by atoms with E-state index in [4.69, 9.17) is 9.47 Å². The summed E-state index contributed by atoms with van der Waals surface area (Å²) >= 11 is 3.32. The van der Waals surface area contributed by atoms with Crippen LogP contribution in [-0.2, 0) is 20.7 Å². The number of Topliss-reactive ketones (excluding diaryl/α,β-unsaturated/α-hetero) is 1. The van der Waals surface area contributed by atoms with Crippen molar-refractivity contribution in [3.63, 3.8) is 0 Å². The number of halogens is 4. The molecule has 1 fully saturated rings. The molecule has 0 atom stereocenters. The predicted molar refractivity (Wildman–Crippen MR) is 72.8 cm³/mol. The smallest absolute Gasteiger partial charge is 0.346 e. The van der Waals surface area contributed by atoms with E-state index in [1.807, 2.05) is 0 Å². The van der Waals surface area contributed by atoms with Gasteiger partial charge in [0, 0.05) is 22.9 Å². The van der Waals surface area contributed by atoms with E-state index >= 15 is 0 Å². The van der Waals surface area contributed by atoms with Gasteiger partial charge in [0.05, 0.1) is 19.6 Å². The number of ether oxygens (including phenoxy) is 2. The molecule has 0 aromatic heterocycles. The molecule has 1 saturated heterocycles. The van der Waals surface area contributed by atoms with Gasteiger partial charge >= 0.3 is 6.18 Å². The van der Waals surface area contributed by atoms with E-state index in [2.05, 4.69) is 15.9 Å². The molecule has 0 spiro atoms. The van der Waals surface area contributed by atoms with E-state index in [1.165, 1.54) is 0 Å². The molecule has 7 heteroatoms. The zero-order valence-electron chi connectivity index (χ0n) is 11.1. The molecule has 0 amide bonds. The second kappa shape index (κ2) is 6.89. The lowest BCUT2D eigenvalue weighted by molar-refractivity contribution is -0.143. The Morgan fingerprint density at radius 3 is 2.52 bits per heavy atom. The van der Waals surface area contributed by atoms with Crippen LogP contribution in [-0.4, -0.2) is 25.2 Å². The summed E-state index contributed by atoms with van der Waals surface area (Å²) in [6.07, 6.45) is -6.39. The van der Waals surface area contributed by atoms with Gasteiger partial charge < -0.3 is 9.47 Å². The second-order valence-electron chi connectivity index (χ2n) is 4.80. The maximum absolute atomic E-state index is 12.1. The van der Waals surface area contributed by atoms with Crippen molar-refractivity contribution in [1.82, 2.24) is 0 Å². The predicted octanol–water partition coefficient (Wildman–Crippen LogP) is 3.95. The number of ketones is 1. The van der Waals surface area contributed by atoms with Crippen LogP contribution in [0.3, 0.4) is 0 Å². The van der Waals surface area contributed by atoms with E-state index in [9.17, 15) is 18.0 Å². The second-order valence-corrected chi connectivity index (χ2v) is 5.71. The number of hydrogen-bond acceptors (Lipinski definition) is 3. The fourth-order valence-corrected chi connectivity index (χ4v) is 2.62. The van der Waals surface area contributed by atoms with Gasteiger partial charge in [-0.15, -0.1) is 0 Å². The SMILES string of the molecule is O=C(CCC(F)(F)F)Cc1cc(Br)cc(C2OCCO2)c1. The Bertz CT molecular complexity index is 511. The van der Waals surface area contributed by atoms with Crippen molar-refractivity contribution in [1.29, 1.82) is 0 Å². The Hall–Kier alpha value is -0.920. The van der Waals surface area contributed by atoms with Crippen LogP contribution in [0.2, 0.25) is 0 Å². The van der Waals surface area contributed by atoms with Gasteiger partial charge in [-0.1, -0.05) is 22.0 Å². The van der Waals surface area contributed by atoms with Gasteiger partial charge in [0.15, 0.2) is 6.29 Å². The summed E-state index contributed by atoms with van der Waals surface area (Å²) in [6, 6.07) is 5.25. The molecule has 116 valence electrons. The van der Waals surface area contributed by atoms with Crippen molar-refractivity contribution in [3.05, 3.63) is 33.8 Å². The zero-order valence-corrected chi connectivity index (χ0v) is 12.7. The van der Waals surface area contributed by atoms with Crippen molar-refractivity contribution in [2.75, 3.05) is 13.2 Å². The van der Waals surface area contributed by atoms with Crippen molar-refractivity contribution >= 4 is 21.7 Å². The molecular weight excluding hydrogens is 353 g/mol. The topological polar surface area (TPSA) is 35.5 Å². The van der Waals surface area contributed by atoms with Crippen LogP contribution in [0.4, 0.5) is 13.2 Å². The first-order valence-electron chi connectivity index (χ1n) is 6.44. The number of alkyl halides is 3. The molecule has 0 radical (unpaired) electrons. The number of carbonyl (C=O) groups excluding carboxylic acids is 1. The Morgan fingerprint density at radius 2 is 1.90 bits per heavy atom. The Morgan fingerprint density at radius 1 is 1.24 bits per heavy atom. The number of hydrogen-bond donors (Lipinski definition) is 0. The number of carbonyl (C=O) groups is 1. The summed E-state index contributed by atoms with van der Waals surface area (Å²) in [5.41, 5.74) is 1.39. The maximum atomic E-state index is 12.1. The summed E-state index contributed by atoms with van der Waals surface area (Å²) < 4.78 is 47.8. The van der Waals surface area contributed by atoms with E-state index < -0.39 is 31.1 Å². The van der Waals surface area contributed by atoms with Crippen molar-refractivity contribution in [2.24, 2.45) is 0 Å². The maximum Gasteiger partial charge on any atom is 0.389 e. The summed E-state index contributed by atoms with van der Waals surface area (Å²) in [7, 11) is 0. The minimum Gasteiger partial charge on any atom is -0.346 e. The molecule has 1 heterocycles. The monoisotopic (exact) mass is 366 g/mol. The third-order valence-electron chi connectivity index (χ3n) is 2.96. The van der Waals surface area contributed by atoms with E-state index in [0.29, 0.717) is 18.8 Å². The van der Waals surface area contributed by atoms with E-state index in [-0.39, 0.29) is 6.42 Å². The molecule has 0 unspecified atom stereocenters. The molecule has 1 aliphatic heterocycles. The van der Waals surface area contributed by atoms with E-state index in [1.54, 1.807) is 18.2 Å². The lowest BCUT2D eigenvalue weighted by Gasteiger charge is -2.12.